The van der Waals surface area contributed by atoms with Crippen molar-refractivity contribution in [1.29, 1.82) is 0 Å². The number of amides is 2. The van der Waals surface area contributed by atoms with Gasteiger partial charge in [0.15, 0.2) is 6.61 Å². The molecule has 7 heteroatoms. The molecule has 1 rings (SSSR count). The molecule has 1 heterocycles. The van der Waals surface area contributed by atoms with Crippen molar-refractivity contribution in [2.75, 3.05) is 6.61 Å². The number of hydrogen-bond acceptors (Lipinski definition) is 3. The molecule has 0 aromatic rings. The van der Waals surface area contributed by atoms with E-state index in [1.165, 1.54) is 13.8 Å². The van der Waals surface area contributed by atoms with E-state index in [0.717, 1.165) is 0 Å². The van der Waals surface area contributed by atoms with Gasteiger partial charge in [-0.05, 0) is 0 Å². The summed E-state index contributed by atoms with van der Waals surface area (Å²) in [5, 5.41) is 0.211. The molecule has 0 bridgehead atoms. The van der Waals surface area contributed by atoms with Gasteiger partial charge in [-0.3, -0.25) is 14.4 Å². The molecular weight excluding hydrogens is 215 g/mol. The Balaban J connectivity index is 2.64. The number of imide groups is 1. The van der Waals surface area contributed by atoms with Gasteiger partial charge in [-0.25, -0.2) is 0 Å². The standard InChI is InChI=1S/C8H10F3NO3/c1-4-5(2)7(14)12(6(4)13)15-3-8(9,10)11/h4-5H,3H2,1-2H3. The molecule has 2 unspecified atom stereocenters. The number of carbonyl (C=O) groups excluding carboxylic acids is 2. The van der Waals surface area contributed by atoms with Gasteiger partial charge in [0.05, 0.1) is 0 Å². The third-order valence-corrected chi connectivity index (χ3v) is 2.29. The Bertz CT molecular complexity index is 269. The quantitative estimate of drug-likeness (QED) is 0.661. The summed E-state index contributed by atoms with van der Waals surface area (Å²) < 4.78 is 35.3. The Labute approximate surface area is 83.9 Å². The first-order chi connectivity index (χ1) is 6.74. The van der Waals surface area contributed by atoms with Crippen LogP contribution < -0.4 is 0 Å². The fraction of sp³-hybridized carbons (Fsp3) is 0.750. The summed E-state index contributed by atoms with van der Waals surface area (Å²) in [6, 6.07) is 0. The molecule has 1 aliphatic heterocycles. The van der Waals surface area contributed by atoms with Crippen molar-refractivity contribution in [2.24, 2.45) is 11.8 Å². The minimum Gasteiger partial charge on any atom is -0.272 e. The molecule has 0 radical (unpaired) electrons. The van der Waals surface area contributed by atoms with Gasteiger partial charge >= 0.3 is 6.18 Å². The van der Waals surface area contributed by atoms with Gasteiger partial charge in [0.2, 0.25) is 0 Å². The second-order valence-electron chi connectivity index (χ2n) is 3.44. The molecule has 0 aromatic carbocycles. The lowest BCUT2D eigenvalue weighted by Gasteiger charge is -2.15. The van der Waals surface area contributed by atoms with E-state index < -0.39 is 36.4 Å². The molecular formula is C8H10F3NO3. The van der Waals surface area contributed by atoms with Crippen LogP contribution in [0.1, 0.15) is 13.8 Å². The van der Waals surface area contributed by atoms with Crippen LogP contribution in [-0.4, -0.2) is 29.7 Å². The molecule has 2 amide bonds. The fourth-order valence-electron chi connectivity index (χ4n) is 1.17. The molecule has 1 saturated heterocycles. The van der Waals surface area contributed by atoms with E-state index in [-0.39, 0.29) is 5.06 Å². The SMILES string of the molecule is CC1C(=O)N(OCC(F)(F)F)C(=O)C1C. The molecule has 0 saturated carbocycles. The van der Waals surface area contributed by atoms with Crippen molar-refractivity contribution >= 4 is 11.8 Å². The van der Waals surface area contributed by atoms with Crippen LogP contribution in [0.25, 0.3) is 0 Å². The maximum absolute atomic E-state index is 11.8. The van der Waals surface area contributed by atoms with Crippen LogP contribution in [0.5, 0.6) is 0 Å². The minimum atomic E-state index is -4.56. The maximum Gasteiger partial charge on any atom is 0.414 e. The predicted molar refractivity (Wildman–Crippen MR) is 42.2 cm³/mol. The number of carbonyl (C=O) groups is 2. The molecule has 15 heavy (non-hydrogen) atoms. The smallest absolute Gasteiger partial charge is 0.272 e. The topological polar surface area (TPSA) is 46.6 Å². The molecule has 4 nitrogen and oxygen atoms in total. The molecule has 0 spiro atoms. The Morgan fingerprint density at radius 3 is 1.93 bits per heavy atom. The predicted octanol–water partition coefficient (Wildman–Crippen LogP) is 1.12. The highest BCUT2D eigenvalue weighted by Gasteiger charge is 2.45. The summed E-state index contributed by atoms with van der Waals surface area (Å²) in [7, 11) is 0. The molecule has 1 aliphatic rings. The molecule has 1 fully saturated rings. The molecule has 2 atom stereocenters. The van der Waals surface area contributed by atoms with E-state index in [1.54, 1.807) is 0 Å². The average molecular weight is 225 g/mol. The Kier molecular flexibility index (Phi) is 3.03. The van der Waals surface area contributed by atoms with E-state index in [0.29, 0.717) is 0 Å². The highest BCUT2D eigenvalue weighted by Crippen LogP contribution is 2.26. The first-order valence-corrected chi connectivity index (χ1v) is 4.31. The summed E-state index contributed by atoms with van der Waals surface area (Å²) in [5.74, 6) is -2.72. The summed E-state index contributed by atoms with van der Waals surface area (Å²) in [5.41, 5.74) is 0. The van der Waals surface area contributed by atoms with Gasteiger partial charge in [0.1, 0.15) is 0 Å². The van der Waals surface area contributed by atoms with Crippen molar-refractivity contribution in [3.05, 3.63) is 0 Å². The van der Waals surface area contributed by atoms with E-state index in [4.69, 9.17) is 0 Å². The summed E-state index contributed by atoms with van der Waals surface area (Å²) >= 11 is 0. The van der Waals surface area contributed by atoms with Gasteiger partial charge in [0, 0.05) is 11.8 Å². The largest absolute Gasteiger partial charge is 0.414 e. The number of halogens is 3. The normalized spacial score (nSPS) is 27.7. The summed E-state index contributed by atoms with van der Waals surface area (Å²) in [6.45, 7) is 1.31. The van der Waals surface area contributed by atoms with Crippen LogP contribution in [-0.2, 0) is 14.4 Å². The van der Waals surface area contributed by atoms with Crippen LogP contribution >= 0.6 is 0 Å². The maximum atomic E-state index is 11.8. The highest BCUT2D eigenvalue weighted by atomic mass is 19.4. The van der Waals surface area contributed by atoms with Crippen molar-refractivity contribution in [2.45, 2.75) is 20.0 Å². The van der Waals surface area contributed by atoms with Crippen molar-refractivity contribution in [1.82, 2.24) is 5.06 Å². The summed E-state index contributed by atoms with van der Waals surface area (Å²) in [4.78, 5) is 26.7. The van der Waals surface area contributed by atoms with Gasteiger partial charge in [-0.2, -0.15) is 18.2 Å². The number of alkyl halides is 3. The van der Waals surface area contributed by atoms with Crippen molar-refractivity contribution in [3.63, 3.8) is 0 Å². The Hall–Kier alpha value is -1.11. The minimum absolute atomic E-state index is 0.211. The highest BCUT2D eigenvalue weighted by molar-refractivity contribution is 6.03. The number of rotatable bonds is 2. The monoisotopic (exact) mass is 225 g/mol. The lowest BCUT2D eigenvalue weighted by atomic mass is 10.00. The first-order valence-electron chi connectivity index (χ1n) is 4.31. The fourth-order valence-corrected chi connectivity index (χ4v) is 1.17. The van der Waals surface area contributed by atoms with E-state index in [9.17, 15) is 22.8 Å². The lowest BCUT2D eigenvalue weighted by molar-refractivity contribution is -0.239. The van der Waals surface area contributed by atoms with Crippen molar-refractivity contribution < 1.29 is 27.6 Å². The van der Waals surface area contributed by atoms with Gasteiger partial charge < -0.3 is 0 Å². The Morgan fingerprint density at radius 1 is 1.20 bits per heavy atom. The van der Waals surface area contributed by atoms with Crippen LogP contribution in [0.15, 0.2) is 0 Å². The van der Waals surface area contributed by atoms with Crippen LogP contribution in [0.4, 0.5) is 13.2 Å². The van der Waals surface area contributed by atoms with Crippen molar-refractivity contribution in [3.8, 4) is 0 Å². The summed E-state index contributed by atoms with van der Waals surface area (Å²) in [6.07, 6.45) is -4.56. The third-order valence-electron chi connectivity index (χ3n) is 2.29. The van der Waals surface area contributed by atoms with Gasteiger partial charge in [-0.15, -0.1) is 0 Å². The molecule has 0 aromatic heterocycles. The second-order valence-corrected chi connectivity index (χ2v) is 3.44. The van der Waals surface area contributed by atoms with E-state index in [1.807, 2.05) is 0 Å². The Morgan fingerprint density at radius 2 is 1.60 bits per heavy atom. The van der Waals surface area contributed by atoms with E-state index in [2.05, 4.69) is 4.84 Å². The number of hydroxylamine groups is 2. The van der Waals surface area contributed by atoms with Crippen LogP contribution in [0, 0.1) is 11.8 Å². The first kappa shape index (κ1) is 12.0. The van der Waals surface area contributed by atoms with Crippen LogP contribution in [0.2, 0.25) is 0 Å². The zero-order valence-corrected chi connectivity index (χ0v) is 8.17. The van der Waals surface area contributed by atoms with E-state index >= 15 is 0 Å². The van der Waals surface area contributed by atoms with Gasteiger partial charge in [-0.1, -0.05) is 13.8 Å². The number of nitrogens with zero attached hydrogens (tertiary/aromatic N) is 1. The molecule has 0 N–H and O–H groups in total. The van der Waals surface area contributed by atoms with Gasteiger partial charge in [0.25, 0.3) is 11.8 Å². The average Bonchev–Trinajstić information content (AvgIpc) is 2.28. The molecule has 86 valence electrons. The third kappa shape index (κ3) is 2.47. The molecule has 0 aliphatic carbocycles. The van der Waals surface area contributed by atoms with Crippen LogP contribution in [0.3, 0.4) is 0 Å². The lowest BCUT2D eigenvalue weighted by Crippen LogP contribution is -2.34. The zero-order valence-electron chi connectivity index (χ0n) is 8.17. The zero-order chi connectivity index (χ0) is 11.8. The number of hydrogen-bond donors (Lipinski definition) is 0. The second kappa shape index (κ2) is 3.80.